The molecule has 4 heteroatoms. The van der Waals surface area contributed by atoms with Crippen molar-refractivity contribution < 1.29 is 8.95 Å². The zero-order chi connectivity index (χ0) is 14.4. The van der Waals surface area contributed by atoms with Crippen molar-refractivity contribution in [2.24, 2.45) is 0 Å². The molecule has 0 N–H and O–H groups in total. The van der Waals surface area contributed by atoms with Gasteiger partial charge in [-0.2, -0.15) is 5.26 Å². The van der Waals surface area contributed by atoms with Gasteiger partial charge in [-0.3, -0.25) is 4.21 Å². The molecule has 0 saturated carbocycles. The molecular formula is C16H15NO2S. The fraction of sp³-hybridized carbons (Fsp3) is 0.188. The van der Waals surface area contributed by atoms with Crippen LogP contribution in [0.4, 0.5) is 0 Å². The number of hydrogen-bond donors (Lipinski definition) is 0. The van der Waals surface area contributed by atoms with Gasteiger partial charge in [0.15, 0.2) is 0 Å². The summed E-state index contributed by atoms with van der Waals surface area (Å²) in [4.78, 5) is 0.838. The topological polar surface area (TPSA) is 50.1 Å². The van der Waals surface area contributed by atoms with E-state index in [4.69, 9.17) is 10.00 Å². The number of nitriles is 1. The van der Waals surface area contributed by atoms with E-state index in [2.05, 4.69) is 6.07 Å². The largest absolute Gasteiger partial charge is 0.491 e. The minimum atomic E-state index is -1.09. The first kappa shape index (κ1) is 14.3. The summed E-state index contributed by atoms with van der Waals surface area (Å²) in [5.41, 5.74) is 1.51. The van der Waals surface area contributed by atoms with Crippen molar-refractivity contribution in [3.05, 3.63) is 59.7 Å². The molecule has 2 aromatic rings. The quantitative estimate of drug-likeness (QED) is 0.848. The van der Waals surface area contributed by atoms with E-state index in [1.165, 1.54) is 0 Å². The molecule has 0 radical (unpaired) electrons. The van der Waals surface area contributed by atoms with Crippen LogP contribution in [0.25, 0.3) is 0 Å². The van der Waals surface area contributed by atoms with Gasteiger partial charge in [0.1, 0.15) is 18.4 Å². The van der Waals surface area contributed by atoms with Crippen LogP contribution in [-0.4, -0.2) is 16.6 Å². The van der Waals surface area contributed by atoms with E-state index >= 15 is 0 Å². The minimum Gasteiger partial charge on any atom is -0.491 e. The highest BCUT2D eigenvalue weighted by Crippen LogP contribution is 2.17. The van der Waals surface area contributed by atoms with Crippen LogP contribution in [-0.2, 0) is 10.8 Å². The summed E-state index contributed by atoms with van der Waals surface area (Å²) in [6.45, 7) is 2.26. The third kappa shape index (κ3) is 3.46. The van der Waals surface area contributed by atoms with Crippen LogP contribution >= 0.6 is 0 Å². The van der Waals surface area contributed by atoms with Crippen molar-refractivity contribution in [2.45, 2.75) is 11.8 Å². The Morgan fingerprint density at radius 1 is 1.15 bits per heavy atom. The second-order valence-electron chi connectivity index (χ2n) is 4.27. The number of ether oxygens (including phenoxy) is 1. The first-order chi connectivity index (χ1) is 9.72. The zero-order valence-corrected chi connectivity index (χ0v) is 12.0. The number of aryl methyl sites for hydroxylation is 1. The third-order valence-electron chi connectivity index (χ3n) is 2.87. The van der Waals surface area contributed by atoms with Gasteiger partial charge in [0, 0.05) is 4.90 Å². The Kier molecular flexibility index (Phi) is 4.91. The highest BCUT2D eigenvalue weighted by atomic mass is 32.2. The molecule has 20 heavy (non-hydrogen) atoms. The number of benzene rings is 2. The van der Waals surface area contributed by atoms with Crippen molar-refractivity contribution in [2.75, 3.05) is 12.4 Å². The molecule has 0 aliphatic carbocycles. The molecule has 102 valence electrons. The first-order valence-corrected chi connectivity index (χ1v) is 7.60. The molecule has 0 saturated heterocycles. The summed E-state index contributed by atoms with van der Waals surface area (Å²) in [5, 5.41) is 8.95. The fourth-order valence-corrected chi connectivity index (χ4v) is 2.95. The summed E-state index contributed by atoms with van der Waals surface area (Å²) < 4.78 is 17.7. The third-order valence-corrected chi connectivity index (χ3v) is 4.36. The summed E-state index contributed by atoms with van der Waals surface area (Å²) >= 11 is 0. The number of nitrogens with zero attached hydrogens (tertiary/aromatic N) is 1. The Balaban J connectivity index is 1.95. The lowest BCUT2D eigenvalue weighted by molar-refractivity contribution is 0.341. The van der Waals surface area contributed by atoms with E-state index in [0.717, 1.165) is 10.5 Å². The molecule has 3 nitrogen and oxygen atoms in total. The van der Waals surface area contributed by atoms with Gasteiger partial charge in [-0.25, -0.2) is 0 Å². The predicted molar refractivity (Wildman–Crippen MR) is 79.1 cm³/mol. The Hall–Kier alpha value is -2.12. The Labute approximate surface area is 121 Å². The number of rotatable bonds is 5. The molecule has 1 unspecified atom stereocenters. The maximum Gasteiger partial charge on any atom is 0.137 e. The summed E-state index contributed by atoms with van der Waals surface area (Å²) in [5.74, 6) is 0.946. The zero-order valence-electron chi connectivity index (χ0n) is 11.2. The van der Waals surface area contributed by atoms with Crippen LogP contribution in [0.15, 0.2) is 53.4 Å². The van der Waals surface area contributed by atoms with E-state index in [9.17, 15) is 4.21 Å². The number of hydrogen-bond acceptors (Lipinski definition) is 3. The van der Waals surface area contributed by atoms with Gasteiger partial charge < -0.3 is 4.74 Å². The van der Waals surface area contributed by atoms with Crippen LogP contribution in [0.1, 0.15) is 11.1 Å². The van der Waals surface area contributed by atoms with E-state index in [0.29, 0.717) is 23.7 Å². The Morgan fingerprint density at radius 3 is 2.60 bits per heavy atom. The van der Waals surface area contributed by atoms with Gasteiger partial charge >= 0.3 is 0 Å². The lowest BCUT2D eigenvalue weighted by Crippen LogP contribution is -2.10. The van der Waals surface area contributed by atoms with Crippen molar-refractivity contribution in [1.29, 1.82) is 5.26 Å². The summed E-state index contributed by atoms with van der Waals surface area (Å²) in [6, 6.07) is 16.7. The smallest absolute Gasteiger partial charge is 0.137 e. The maximum atomic E-state index is 12.2. The molecule has 0 bridgehead atoms. The average molecular weight is 285 g/mol. The molecule has 0 spiro atoms. The van der Waals surface area contributed by atoms with Crippen LogP contribution in [0, 0.1) is 18.3 Å². The normalized spacial score (nSPS) is 11.6. The summed E-state index contributed by atoms with van der Waals surface area (Å²) in [6.07, 6.45) is 0. The lowest BCUT2D eigenvalue weighted by Gasteiger charge is -2.08. The van der Waals surface area contributed by atoms with E-state index in [1.807, 2.05) is 37.3 Å². The molecule has 0 amide bonds. The van der Waals surface area contributed by atoms with Crippen molar-refractivity contribution >= 4 is 10.8 Å². The van der Waals surface area contributed by atoms with E-state index < -0.39 is 10.8 Å². The second-order valence-corrected chi connectivity index (χ2v) is 5.81. The minimum absolute atomic E-state index is 0.319. The van der Waals surface area contributed by atoms with E-state index in [-0.39, 0.29) is 0 Å². The Bertz CT molecular complexity index is 662. The molecule has 0 aromatic heterocycles. The predicted octanol–water partition coefficient (Wildman–Crippen LogP) is 3.05. The average Bonchev–Trinajstić information content (AvgIpc) is 2.48. The number of para-hydroxylation sites is 1. The van der Waals surface area contributed by atoms with Crippen LogP contribution < -0.4 is 4.74 Å². The van der Waals surface area contributed by atoms with Gasteiger partial charge in [-0.15, -0.1) is 0 Å². The summed E-state index contributed by atoms with van der Waals surface area (Å²) in [7, 11) is -1.09. The van der Waals surface area contributed by atoms with Gasteiger partial charge in [0.25, 0.3) is 0 Å². The highest BCUT2D eigenvalue weighted by molar-refractivity contribution is 7.85. The Morgan fingerprint density at radius 2 is 1.85 bits per heavy atom. The fourth-order valence-electron chi connectivity index (χ4n) is 1.83. The second kappa shape index (κ2) is 6.88. The van der Waals surface area contributed by atoms with Crippen molar-refractivity contribution in [3.63, 3.8) is 0 Å². The molecule has 2 rings (SSSR count). The SMILES string of the molecule is Cc1ccccc1S(=O)CCOc1ccccc1C#N. The molecule has 2 aromatic carbocycles. The molecular weight excluding hydrogens is 270 g/mol. The van der Waals surface area contributed by atoms with Gasteiger partial charge in [0.2, 0.25) is 0 Å². The molecule has 0 heterocycles. The lowest BCUT2D eigenvalue weighted by atomic mass is 10.2. The monoisotopic (exact) mass is 285 g/mol. The van der Waals surface area contributed by atoms with Crippen molar-refractivity contribution in [1.82, 2.24) is 0 Å². The van der Waals surface area contributed by atoms with Crippen LogP contribution in [0.5, 0.6) is 5.75 Å². The molecule has 0 aliphatic heterocycles. The highest BCUT2D eigenvalue weighted by Gasteiger charge is 2.07. The van der Waals surface area contributed by atoms with Gasteiger partial charge in [-0.1, -0.05) is 30.3 Å². The van der Waals surface area contributed by atoms with Crippen LogP contribution in [0.2, 0.25) is 0 Å². The molecule has 0 fully saturated rings. The van der Waals surface area contributed by atoms with Crippen LogP contribution in [0.3, 0.4) is 0 Å². The standard InChI is InChI=1S/C16H15NO2S/c1-13-6-2-5-9-16(13)20(18)11-10-19-15-8-4-3-7-14(15)12-17/h2-9H,10-11H2,1H3. The maximum absolute atomic E-state index is 12.2. The molecule has 1 atom stereocenters. The molecule has 0 aliphatic rings. The van der Waals surface area contributed by atoms with Gasteiger partial charge in [-0.05, 0) is 30.7 Å². The van der Waals surface area contributed by atoms with Gasteiger partial charge in [0.05, 0.1) is 22.1 Å². The van der Waals surface area contributed by atoms with E-state index in [1.54, 1.807) is 18.2 Å². The first-order valence-electron chi connectivity index (χ1n) is 6.28. The van der Waals surface area contributed by atoms with Crippen molar-refractivity contribution in [3.8, 4) is 11.8 Å².